The molecular weight excluding hydrogens is 296 g/mol. The first-order valence-electron chi connectivity index (χ1n) is 7.18. The second kappa shape index (κ2) is 5.46. The molecule has 2 aromatic heterocycles. The normalized spacial score (nSPS) is 20.2. The van der Waals surface area contributed by atoms with Gasteiger partial charge in [0.05, 0.1) is 19.2 Å². The van der Waals surface area contributed by atoms with Gasteiger partial charge in [-0.3, -0.25) is 0 Å². The van der Waals surface area contributed by atoms with Gasteiger partial charge in [0.2, 0.25) is 5.95 Å². The van der Waals surface area contributed by atoms with Gasteiger partial charge in [0.25, 0.3) is 0 Å². The SMILES string of the molecule is COc1ccc(C2CC(c3cccs3)n3ncnc3N2)cc1. The van der Waals surface area contributed by atoms with Gasteiger partial charge in [-0.05, 0) is 35.6 Å². The monoisotopic (exact) mass is 312 g/mol. The molecule has 3 heterocycles. The Morgan fingerprint density at radius 2 is 2.14 bits per heavy atom. The number of fused-ring (bicyclic) bond motifs is 1. The molecule has 2 unspecified atom stereocenters. The zero-order valence-electron chi connectivity index (χ0n) is 12.1. The second-order valence-corrected chi connectivity index (χ2v) is 6.24. The van der Waals surface area contributed by atoms with Crippen LogP contribution in [0.5, 0.6) is 5.75 Å². The molecule has 0 radical (unpaired) electrons. The number of thiophene rings is 1. The fourth-order valence-corrected chi connectivity index (χ4v) is 3.72. The number of aromatic nitrogens is 3. The van der Waals surface area contributed by atoms with Crippen LogP contribution in [0.3, 0.4) is 0 Å². The Labute approximate surface area is 132 Å². The predicted octanol–water partition coefficient (Wildman–Crippen LogP) is 3.49. The summed E-state index contributed by atoms with van der Waals surface area (Å²) < 4.78 is 7.21. The van der Waals surface area contributed by atoms with E-state index in [2.05, 4.69) is 45.0 Å². The summed E-state index contributed by atoms with van der Waals surface area (Å²) in [5, 5.41) is 9.96. The Bertz CT molecular complexity index is 751. The first-order chi connectivity index (χ1) is 10.8. The van der Waals surface area contributed by atoms with Crippen molar-refractivity contribution in [2.75, 3.05) is 12.4 Å². The van der Waals surface area contributed by atoms with Gasteiger partial charge in [-0.1, -0.05) is 18.2 Å². The van der Waals surface area contributed by atoms with E-state index in [-0.39, 0.29) is 12.1 Å². The lowest BCUT2D eigenvalue weighted by atomic mass is 9.97. The topological polar surface area (TPSA) is 52.0 Å². The van der Waals surface area contributed by atoms with Crippen LogP contribution in [-0.2, 0) is 0 Å². The lowest BCUT2D eigenvalue weighted by Gasteiger charge is -2.31. The number of nitrogens with one attached hydrogen (secondary N) is 1. The molecule has 0 amide bonds. The van der Waals surface area contributed by atoms with Crippen LogP contribution in [0.2, 0.25) is 0 Å². The van der Waals surface area contributed by atoms with Crippen molar-refractivity contribution >= 4 is 17.3 Å². The van der Waals surface area contributed by atoms with Gasteiger partial charge in [0.15, 0.2) is 0 Å². The molecule has 3 aromatic rings. The van der Waals surface area contributed by atoms with Gasteiger partial charge >= 0.3 is 0 Å². The van der Waals surface area contributed by atoms with Crippen molar-refractivity contribution < 1.29 is 4.74 Å². The Kier molecular flexibility index (Phi) is 3.31. The zero-order chi connectivity index (χ0) is 14.9. The Hall–Kier alpha value is -2.34. The van der Waals surface area contributed by atoms with E-state index in [1.807, 2.05) is 16.8 Å². The van der Waals surface area contributed by atoms with Crippen molar-refractivity contribution in [2.45, 2.75) is 18.5 Å². The average molecular weight is 312 g/mol. The van der Waals surface area contributed by atoms with Crippen molar-refractivity contribution in [1.29, 1.82) is 0 Å². The van der Waals surface area contributed by atoms with Crippen LogP contribution < -0.4 is 10.1 Å². The van der Waals surface area contributed by atoms with Crippen LogP contribution in [0, 0.1) is 0 Å². The van der Waals surface area contributed by atoms with Crippen LogP contribution in [0.15, 0.2) is 48.1 Å². The first kappa shape index (κ1) is 13.3. The highest BCUT2D eigenvalue weighted by Gasteiger charge is 2.30. The smallest absolute Gasteiger partial charge is 0.222 e. The van der Waals surface area contributed by atoms with Crippen LogP contribution in [0.1, 0.15) is 28.9 Å². The van der Waals surface area contributed by atoms with Crippen molar-refractivity contribution in [3.8, 4) is 5.75 Å². The Morgan fingerprint density at radius 3 is 2.86 bits per heavy atom. The molecule has 6 heteroatoms. The van der Waals surface area contributed by atoms with Crippen LogP contribution >= 0.6 is 11.3 Å². The maximum absolute atomic E-state index is 5.24. The molecule has 0 aliphatic carbocycles. The molecule has 1 N–H and O–H groups in total. The molecule has 1 aliphatic rings. The summed E-state index contributed by atoms with van der Waals surface area (Å²) >= 11 is 1.76. The van der Waals surface area contributed by atoms with Gasteiger partial charge in [-0.15, -0.1) is 11.3 Å². The van der Waals surface area contributed by atoms with Crippen LogP contribution in [0.4, 0.5) is 5.95 Å². The minimum absolute atomic E-state index is 0.217. The van der Waals surface area contributed by atoms with Gasteiger partial charge < -0.3 is 10.1 Å². The molecule has 0 fully saturated rings. The van der Waals surface area contributed by atoms with E-state index >= 15 is 0 Å². The van der Waals surface area contributed by atoms with Gasteiger partial charge in [0.1, 0.15) is 12.1 Å². The van der Waals surface area contributed by atoms with E-state index in [4.69, 9.17) is 4.74 Å². The standard InChI is InChI=1S/C16H16N4OS/c1-21-12-6-4-11(5-7-12)13-9-14(15-3-2-8-22-15)20-16(19-13)17-10-18-20/h2-8,10,13-14H,9H2,1H3,(H,17,18,19). The number of anilines is 1. The highest BCUT2D eigenvalue weighted by molar-refractivity contribution is 7.10. The third-order valence-electron chi connectivity index (χ3n) is 4.02. The summed E-state index contributed by atoms with van der Waals surface area (Å²) in [4.78, 5) is 5.66. The Balaban J connectivity index is 1.68. The number of ether oxygens (including phenoxy) is 1. The zero-order valence-corrected chi connectivity index (χ0v) is 13.0. The highest BCUT2D eigenvalue weighted by atomic mass is 32.1. The fraction of sp³-hybridized carbons (Fsp3) is 0.250. The van der Waals surface area contributed by atoms with Crippen LogP contribution in [0.25, 0.3) is 0 Å². The van der Waals surface area contributed by atoms with Gasteiger partial charge in [-0.2, -0.15) is 10.1 Å². The second-order valence-electron chi connectivity index (χ2n) is 5.27. The average Bonchev–Trinajstić information content (AvgIpc) is 3.25. The molecule has 0 spiro atoms. The number of rotatable bonds is 3. The molecule has 1 aromatic carbocycles. The summed E-state index contributed by atoms with van der Waals surface area (Å²) in [6.07, 6.45) is 2.56. The largest absolute Gasteiger partial charge is 0.497 e. The third-order valence-corrected chi connectivity index (χ3v) is 4.99. The summed E-state index contributed by atoms with van der Waals surface area (Å²) in [6, 6.07) is 12.9. The van der Waals surface area contributed by atoms with Gasteiger partial charge in [-0.25, -0.2) is 4.68 Å². The fourth-order valence-electron chi connectivity index (χ4n) is 2.89. The van der Waals surface area contributed by atoms with Crippen molar-refractivity contribution in [3.63, 3.8) is 0 Å². The van der Waals surface area contributed by atoms with E-state index < -0.39 is 0 Å². The summed E-state index contributed by atoms with van der Waals surface area (Å²) in [5.41, 5.74) is 1.23. The molecule has 1 aliphatic heterocycles. The Morgan fingerprint density at radius 1 is 1.27 bits per heavy atom. The molecule has 5 nitrogen and oxygen atoms in total. The van der Waals surface area contributed by atoms with Crippen molar-refractivity contribution in [2.24, 2.45) is 0 Å². The first-order valence-corrected chi connectivity index (χ1v) is 8.06. The lowest BCUT2D eigenvalue weighted by molar-refractivity contribution is 0.413. The van der Waals surface area contributed by atoms with Gasteiger partial charge in [0, 0.05) is 4.88 Å². The number of nitrogens with zero attached hydrogens (tertiary/aromatic N) is 3. The number of methoxy groups -OCH3 is 1. The summed E-state index contributed by atoms with van der Waals surface area (Å²) in [7, 11) is 1.68. The molecule has 2 atom stereocenters. The minimum atomic E-state index is 0.217. The van der Waals surface area contributed by atoms with E-state index in [0.29, 0.717) is 0 Å². The molecule has 112 valence electrons. The van der Waals surface area contributed by atoms with Crippen LogP contribution in [-0.4, -0.2) is 21.9 Å². The number of hydrogen-bond donors (Lipinski definition) is 1. The molecular formula is C16H16N4OS. The predicted molar refractivity (Wildman–Crippen MR) is 86.5 cm³/mol. The highest BCUT2D eigenvalue weighted by Crippen LogP contribution is 2.38. The quantitative estimate of drug-likeness (QED) is 0.804. The van der Waals surface area contributed by atoms with E-state index in [1.165, 1.54) is 10.4 Å². The molecule has 4 rings (SSSR count). The third kappa shape index (κ3) is 2.25. The maximum atomic E-state index is 5.24. The molecule has 0 saturated heterocycles. The van der Waals surface area contributed by atoms with Crippen molar-refractivity contribution in [1.82, 2.24) is 14.8 Å². The van der Waals surface area contributed by atoms with Crippen molar-refractivity contribution in [3.05, 3.63) is 58.5 Å². The number of benzene rings is 1. The lowest BCUT2D eigenvalue weighted by Crippen LogP contribution is -2.27. The van der Waals surface area contributed by atoms with E-state index in [9.17, 15) is 0 Å². The maximum Gasteiger partial charge on any atom is 0.222 e. The summed E-state index contributed by atoms with van der Waals surface area (Å²) in [5.74, 6) is 1.70. The molecule has 0 bridgehead atoms. The molecule has 0 saturated carbocycles. The number of hydrogen-bond acceptors (Lipinski definition) is 5. The summed E-state index contributed by atoms with van der Waals surface area (Å²) in [6.45, 7) is 0. The molecule has 22 heavy (non-hydrogen) atoms. The van der Waals surface area contributed by atoms with E-state index in [1.54, 1.807) is 24.8 Å². The minimum Gasteiger partial charge on any atom is -0.497 e. The van der Waals surface area contributed by atoms with E-state index in [0.717, 1.165) is 18.1 Å².